The van der Waals surface area contributed by atoms with E-state index in [2.05, 4.69) is 20.8 Å². The van der Waals surface area contributed by atoms with Gasteiger partial charge >= 0.3 is 0 Å². The molecule has 1 heteroatoms. The Morgan fingerprint density at radius 1 is 1.15 bits per heavy atom. The van der Waals surface area contributed by atoms with Crippen molar-refractivity contribution in [1.82, 2.24) is 0 Å². The monoisotopic (exact) mass is 180 g/mol. The summed E-state index contributed by atoms with van der Waals surface area (Å²) in [5, 5.41) is 0. The van der Waals surface area contributed by atoms with Gasteiger partial charge in [0.1, 0.15) is 5.78 Å². The largest absolute Gasteiger partial charge is 0.299 e. The van der Waals surface area contributed by atoms with Crippen molar-refractivity contribution in [2.24, 2.45) is 23.2 Å². The molecule has 0 aromatic rings. The molecule has 0 saturated heterocycles. The average Bonchev–Trinajstić information content (AvgIpc) is 2.24. The summed E-state index contributed by atoms with van der Waals surface area (Å²) in [6.45, 7) is 6.94. The summed E-state index contributed by atoms with van der Waals surface area (Å²) in [6.07, 6.45) is 4.55. The lowest BCUT2D eigenvalue weighted by Crippen LogP contribution is -2.28. The highest BCUT2D eigenvalue weighted by Gasteiger charge is 2.42. The molecular formula is C12H20O. The molecule has 74 valence electrons. The molecule has 1 nitrogen and oxygen atoms in total. The van der Waals surface area contributed by atoms with Crippen LogP contribution in [0.5, 0.6) is 0 Å². The fraction of sp³-hybridized carbons (Fsp3) is 0.917. The minimum Gasteiger partial charge on any atom is -0.299 e. The van der Waals surface area contributed by atoms with Gasteiger partial charge in [0.2, 0.25) is 0 Å². The Morgan fingerprint density at radius 2 is 1.85 bits per heavy atom. The van der Waals surface area contributed by atoms with Gasteiger partial charge in [-0.3, -0.25) is 4.79 Å². The molecule has 13 heavy (non-hydrogen) atoms. The van der Waals surface area contributed by atoms with Gasteiger partial charge in [-0.05, 0) is 36.5 Å². The average molecular weight is 180 g/mol. The van der Waals surface area contributed by atoms with E-state index in [1.54, 1.807) is 0 Å². The van der Waals surface area contributed by atoms with Crippen LogP contribution in [0, 0.1) is 23.2 Å². The summed E-state index contributed by atoms with van der Waals surface area (Å²) < 4.78 is 0. The zero-order valence-corrected chi connectivity index (χ0v) is 8.97. The first-order chi connectivity index (χ1) is 5.97. The van der Waals surface area contributed by atoms with Gasteiger partial charge in [-0.15, -0.1) is 0 Å². The predicted molar refractivity (Wildman–Crippen MR) is 53.4 cm³/mol. The lowest BCUT2D eigenvalue weighted by molar-refractivity contribution is -0.121. The second-order valence-corrected chi connectivity index (χ2v) is 6.00. The minimum absolute atomic E-state index is 0.404. The van der Waals surface area contributed by atoms with Crippen LogP contribution in [0.2, 0.25) is 0 Å². The van der Waals surface area contributed by atoms with Crippen molar-refractivity contribution in [2.75, 3.05) is 0 Å². The van der Waals surface area contributed by atoms with Crippen molar-refractivity contribution >= 4 is 5.78 Å². The molecule has 2 bridgehead atoms. The Morgan fingerprint density at radius 3 is 2.38 bits per heavy atom. The molecule has 0 heterocycles. The normalized spacial score (nSPS) is 39.6. The Labute approximate surface area is 80.9 Å². The van der Waals surface area contributed by atoms with E-state index in [9.17, 15) is 4.79 Å². The lowest BCUT2D eigenvalue weighted by Gasteiger charge is -2.36. The van der Waals surface area contributed by atoms with E-state index in [4.69, 9.17) is 0 Å². The van der Waals surface area contributed by atoms with Crippen molar-refractivity contribution in [2.45, 2.75) is 46.5 Å². The van der Waals surface area contributed by atoms with Gasteiger partial charge in [0.15, 0.2) is 0 Å². The maximum absolute atomic E-state index is 11.5. The third kappa shape index (κ3) is 1.66. The van der Waals surface area contributed by atoms with Gasteiger partial charge in [-0.25, -0.2) is 0 Å². The molecule has 0 aromatic heterocycles. The standard InChI is InChI=1S/C12H20O/c1-12(2,3)10-5-8-4-9(7-10)11(13)6-8/h8-10H,4-7H2,1-3H3. The van der Waals surface area contributed by atoms with Gasteiger partial charge in [-0.2, -0.15) is 0 Å². The molecule has 0 amide bonds. The van der Waals surface area contributed by atoms with E-state index in [0.29, 0.717) is 17.1 Å². The van der Waals surface area contributed by atoms with Crippen LogP contribution in [-0.4, -0.2) is 5.78 Å². The van der Waals surface area contributed by atoms with Crippen molar-refractivity contribution in [3.8, 4) is 0 Å². The fourth-order valence-electron chi connectivity index (χ4n) is 3.02. The number of hydrogen-bond donors (Lipinski definition) is 0. The zero-order chi connectivity index (χ0) is 9.64. The number of fused-ring (bicyclic) bond motifs is 2. The van der Waals surface area contributed by atoms with Crippen LogP contribution in [0.4, 0.5) is 0 Å². The van der Waals surface area contributed by atoms with Crippen LogP contribution in [0.25, 0.3) is 0 Å². The summed E-state index contributed by atoms with van der Waals surface area (Å²) in [6, 6.07) is 0. The van der Waals surface area contributed by atoms with Crippen LogP contribution in [0.1, 0.15) is 46.5 Å². The molecule has 0 radical (unpaired) electrons. The molecule has 2 aliphatic rings. The molecule has 0 aliphatic heterocycles. The van der Waals surface area contributed by atoms with E-state index in [1.165, 1.54) is 19.3 Å². The third-order valence-electron chi connectivity index (χ3n) is 3.97. The summed E-state index contributed by atoms with van der Waals surface area (Å²) in [5.74, 6) is 2.50. The number of ketones is 1. The van der Waals surface area contributed by atoms with E-state index >= 15 is 0 Å². The van der Waals surface area contributed by atoms with Gasteiger partial charge in [0, 0.05) is 12.3 Å². The van der Waals surface area contributed by atoms with Crippen molar-refractivity contribution in [3.63, 3.8) is 0 Å². The van der Waals surface area contributed by atoms with E-state index in [1.807, 2.05) is 0 Å². The summed E-state index contributed by atoms with van der Waals surface area (Å²) in [4.78, 5) is 11.5. The molecule has 2 aliphatic carbocycles. The van der Waals surface area contributed by atoms with Crippen molar-refractivity contribution < 1.29 is 4.79 Å². The van der Waals surface area contributed by atoms with E-state index < -0.39 is 0 Å². The lowest BCUT2D eigenvalue weighted by atomic mass is 9.69. The first-order valence-electron chi connectivity index (χ1n) is 5.49. The van der Waals surface area contributed by atoms with Crippen LogP contribution >= 0.6 is 0 Å². The number of Topliss-reactive ketones (excluding diaryl/α,β-unsaturated/α-hetero) is 1. The Hall–Kier alpha value is -0.330. The predicted octanol–water partition coefficient (Wildman–Crippen LogP) is 3.04. The highest BCUT2D eigenvalue weighted by molar-refractivity contribution is 5.83. The van der Waals surface area contributed by atoms with Crippen molar-refractivity contribution in [3.05, 3.63) is 0 Å². The van der Waals surface area contributed by atoms with Crippen LogP contribution in [0.15, 0.2) is 0 Å². The summed E-state index contributed by atoms with van der Waals surface area (Å²) in [5.41, 5.74) is 0.404. The quantitative estimate of drug-likeness (QED) is 0.560. The molecule has 0 spiro atoms. The van der Waals surface area contributed by atoms with Crippen LogP contribution in [-0.2, 0) is 4.79 Å². The zero-order valence-electron chi connectivity index (χ0n) is 8.97. The molecule has 2 saturated carbocycles. The fourth-order valence-corrected chi connectivity index (χ4v) is 3.02. The van der Waals surface area contributed by atoms with Gasteiger partial charge in [0.25, 0.3) is 0 Å². The Balaban J connectivity index is 2.10. The molecule has 2 fully saturated rings. The third-order valence-corrected chi connectivity index (χ3v) is 3.97. The van der Waals surface area contributed by atoms with Crippen molar-refractivity contribution in [1.29, 1.82) is 0 Å². The highest BCUT2D eigenvalue weighted by Crippen LogP contribution is 2.48. The Bertz CT molecular complexity index is 224. The number of hydrogen-bond acceptors (Lipinski definition) is 1. The number of rotatable bonds is 0. The minimum atomic E-state index is 0.404. The van der Waals surface area contributed by atoms with E-state index in [-0.39, 0.29) is 0 Å². The Kier molecular flexibility index (Phi) is 2.01. The first-order valence-corrected chi connectivity index (χ1v) is 5.49. The van der Waals surface area contributed by atoms with Gasteiger partial charge in [0.05, 0.1) is 0 Å². The maximum Gasteiger partial charge on any atom is 0.136 e. The maximum atomic E-state index is 11.5. The van der Waals surface area contributed by atoms with Crippen LogP contribution < -0.4 is 0 Å². The van der Waals surface area contributed by atoms with E-state index in [0.717, 1.165) is 18.3 Å². The summed E-state index contributed by atoms with van der Waals surface area (Å²) >= 11 is 0. The molecule has 2 rings (SSSR count). The highest BCUT2D eigenvalue weighted by atomic mass is 16.1. The van der Waals surface area contributed by atoms with Crippen LogP contribution in [0.3, 0.4) is 0 Å². The molecular weight excluding hydrogens is 160 g/mol. The van der Waals surface area contributed by atoms with Gasteiger partial charge in [-0.1, -0.05) is 20.8 Å². The number of carbonyl (C=O) groups is 1. The smallest absolute Gasteiger partial charge is 0.136 e. The summed E-state index contributed by atoms with van der Waals surface area (Å²) in [7, 11) is 0. The number of carbonyl (C=O) groups excluding carboxylic acids is 1. The molecule has 3 atom stereocenters. The molecule has 0 N–H and O–H groups in total. The molecule has 3 unspecified atom stereocenters. The second kappa shape index (κ2) is 2.83. The first kappa shape index (κ1) is 9.23. The topological polar surface area (TPSA) is 17.1 Å². The molecule has 0 aromatic carbocycles. The SMILES string of the molecule is CC(C)(C)C1CC2CC(=O)C(C2)C1. The van der Waals surface area contributed by atoms with Gasteiger partial charge < -0.3 is 0 Å². The second-order valence-electron chi connectivity index (χ2n) is 6.00.